The van der Waals surface area contributed by atoms with Gasteiger partial charge in [0.2, 0.25) is 10.0 Å². The van der Waals surface area contributed by atoms with Crippen molar-refractivity contribution < 1.29 is 12.8 Å². The maximum atomic E-state index is 13.6. The van der Waals surface area contributed by atoms with E-state index in [1.807, 2.05) is 6.07 Å². The lowest BCUT2D eigenvalue weighted by Crippen LogP contribution is -2.36. The molecule has 0 bridgehead atoms. The SMILES string of the molecule is CN=C(NCc1cccc(S(N)(=O)=O)c1)NCc1ccc(C)c(F)c1. The van der Waals surface area contributed by atoms with E-state index in [4.69, 9.17) is 5.14 Å². The van der Waals surface area contributed by atoms with Crippen LogP contribution < -0.4 is 15.8 Å². The largest absolute Gasteiger partial charge is 0.352 e. The van der Waals surface area contributed by atoms with Gasteiger partial charge in [-0.25, -0.2) is 17.9 Å². The van der Waals surface area contributed by atoms with Gasteiger partial charge in [0.1, 0.15) is 5.82 Å². The Bertz CT molecular complexity index is 882. The molecule has 4 N–H and O–H groups in total. The van der Waals surface area contributed by atoms with Gasteiger partial charge in [0, 0.05) is 20.1 Å². The van der Waals surface area contributed by atoms with Crippen molar-refractivity contribution in [2.45, 2.75) is 24.9 Å². The summed E-state index contributed by atoms with van der Waals surface area (Å²) in [7, 11) is -2.12. The van der Waals surface area contributed by atoms with E-state index in [0.29, 0.717) is 24.6 Å². The van der Waals surface area contributed by atoms with E-state index in [9.17, 15) is 12.8 Å². The number of halogens is 1. The van der Waals surface area contributed by atoms with Gasteiger partial charge in [0.15, 0.2) is 5.96 Å². The third-order valence-electron chi connectivity index (χ3n) is 3.61. The lowest BCUT2D eigenvalue weighted by Gasteiger charge is -2.13. The van der Waals surface area contributed by atoms with Crippen LogP contribution in [-0.4, -0.2) is 21.4 Å². The average Bonchev–Trinajstić information content (AvgIpc) is 2.57. The van der Waals surface area contributed by atoms with Crippen LogP contribution in [0, 0.1) is 12.7 Å². The summed E-state index contributed by atoms with van der Waals surface area (Å²) in [4.78, 5) is 4.15. The number of rotatable bonds is 5. The summed E-state index contributed by atoms with van der Waals surface area (Å²) >= 11 is 0. The highest BCUT2D eigenvalue weighted by Crippen LogP contribution is 2.10. The summed E-state index contributed by atoms with van der Waals surface area (Å²) < 4.78 is 36.3. The minimum Gasteiger partial charge on any atom is -0.352 e. The molecule has 0 fully saturated rings. The van der Waals surface area contributed by atoms with Crippen LogP contribution in [0.3, 0.4) is 0 Å². The van der Waals surface area contributed by atoms with Gasteiger partial charge in [-0.15, -0.1) is 0 Å². The zero-order valence-corrected chi connectivity index (χ0v) is 14.9. The molecule has 0 aromatic heterocycles. The number of aliphatic imine (C=N–C) groups is 1. The number of aryl methyl sites for hydroxylation is 1. The van der Waals surface area contributed by atoms with Gasteiger partial charge in [-0.2, -0.15) is 0 Å². The molecule has 0 aliphatic rings. The molecule has 0 saturated heterocycles. The zero-order chi connectivity index (χ0) is 18.4. The summed E-state index contributed by atoms with van der Waals surface area (Å²) in [6.45, 7) is 2.49. The Labute approximate surface area is 147 Å². The molecule has 6 nitrogen and oxygen atoms in total. The van der Waals surface area contributed by atoms with Crippen molar-refractivity contribution in [3.05, 3.63) is 65.0 Å². The number of hydrogen-bond donors (Lipinski definition) is 3. The van der Waals surface area contributed by atoms with Crippen molar-refractivity contribution in [1.82, 2.24) is 10.6 Å². The molecule has 25 heavy (non-hydrogen) atoms. The molecule has 2 aromatic rings. The fourth-order valence-electron chi connectivity index (χ4n) is 2.17. The quantitative estimate of drug-likeness (QED) is 0.555. The van der Waals surface area contributed by atoms with Crippen LogP contribution in [0.2, 0.25) is 0 Å². The third kappa shape index (κ3) is 5.54. The first kappa shape index (κ1) is 18.9. The average molecular weight is 364 g/mol. The maximum absolute atomic E-state index is 13.6. The van der Waals surface area contributed by atoms with Gasteiger partial charge in [-0.1, -0.05) is 24.3 Å². The summed E-state index contributed by atoms with van der Waals surface area (Å²) in [5.41, 5.74) is 2.14. The van der Waals surface area contributed by atoms with Crippen LogP contribution in [-0.2, 0) is 23.1 Å². The van der Waals surface area contributed by atoms with E-state index in [0.717, 1.165) is 11.1 Å². The van der Waals surface area contributed by atoms with E-state index >= 15 is 0 Å². The Hall–Kier alpha value is -2.45. The van der Waals surface area contributed by atoms with Crippen LogP contribution in [0.15, 0.2) is 52.4 Å². The van der Waals surface area contributed by atoms with E-state index in [-0.39, 0.29) is 10.7 Å². The molecular weight excluding hydrogens is 343 g/mol. The molecule has 2 aromatic carbocycles. The Morgan fingerprint density at radius 2 is 1.76 bits per heavy atom. The Morgan fingerprint density at radius 1 is 1.12 bits per heavy atom. The van der Waals surface area contributed by atoms with E-state index in [1.54, 1.807) is 32.2 Å². The van der Waals surface area contributed by atoms with Crippen LogP contribution in [0.5, 0.6) is 0 Å². The molecule has 0 amide bonds. The van der Waals surface area contributed by atoms with Gasteiger partial charge in [0.25, 0.3) is 0 Å². The second-order valence-electron chi connectivity index (χ2n) is 5.56. The first-order valence-corrected chi connectivity index (χ1v) is 9.15. The van der Waals surface area contributed by atoms with Gasteiger partial charge in [0.05, 0.1) is 4.90 Å². The number of sulfonamides is 1. The molecule has 8 heteroatoms. The van der Waals surface area contributed by atoms with E-state index < -0.39 is 10.0 Å². The molecule has 0 aliphatic carbocycles. The van der Waals surface area contributed by atoms with Gasteiger partial charge < -0.3 is 10.6 Å². The molecule has 0 heterocycles. The fraction of sp³-hybridized carbons (Fsp3) is 0.235. The number of hydrogen-bond acceptors (Lipinski definition) is 3. The van der Waals surface area contributed by atoms with Crippen molar-refractivity contribution in [3.63, 3.8) is 0 Å². The Morgan fingerprint density at radius 3 is 2.32 bits per heavy atom. The van der Waals surface area contributed by atoms with E-state index in [1.165, 1.54) is 18.2 Å². The predicted molar refractivity (Wildman–Crippen MR) is 96.0 cm³/mol. The summed E-state index contributed by atoms with van der Waals surface area (Å²) in [6, 6.07) is 11.4. The second-order valence-corrected chi connectivity index (χ2v) is 7.12. The summed E-state index contributed by atoms with van der Waals surface area (Å²) in [6.07, 6.45) is 0. The van der Waals surface area contributed by atoms with E-state index in [2.05, 4.69) is 15.6 Å². The first-order chi connectivity index (χ1) is 11.8. The number of primary sulfonamides is 1. The summed E-state index contributed by atoms with van der Waals surface area (Å²) in [5.74, 6) is 0.268. The molecule has 0 atom stereocenters. The van der Waals surface area contributed by atoms with Crippen molar-refractivity contribution in [3.8, 4) is 0 Å². The van der Waals surface area contributed by atoms with Gasteiger partial charge in [-0.05, 0) is 41.8 Å². The first-order valence-electron chi connectivity index (χ1n) is 7.61. The standard InChI is InChI=1S/C17H21FN4O2S/c1-12-6-7-14(9-16(12)18)11-22-17(20-2)21-10-13-4-3-5-15(8-13)25(19,23)24/h3-9H,10-11H2,1-2H3,(H2,19,23,24)(H2,20,21,22). The topological polar surface area (TPSA) is 96.6 Å². The monoisotopic (exact) mass is 364 g/mol. The molecule has 0 aliphatic heterocycles. The maximum Gasteiger partial charge on any atom is 0.238 e. The van der Waals surface area contributed by atoms with Crippen LogP contribution >= 0.6 is 0 Å². The molecule has 0 saturated carbocycles. The Kier molecular flexibility index (Phi) is 6.11. The van der Waals surface area contributed by atoms with Crippen molar-refractivity contribution in [2.75, 3.05) is 7.05 Å². The molecular formula is C17H21FN4O2S. The van der Waals surface area contributed by atoms with Crippen molar-refractivity contribution in [2.24, 2.45) is 10.1 Å². The molecule has 0 spiro atoms. The fourth-order valence-corrected chi connectivity index (χ4v) is 2.75. The highest BCUT2D eigenvalue weighted by atomic mass is 32.2. The predicted octanol–water partition coefficient (Wildman–Crippen LogP) is 1.65. The van der Waals surface area contributed by atoms with Crippen LogP contribution in [0.25, 0.3) is 0 Å². The van der Waals surface area contributed by atoms with Crippen LogP contribution in [0.1, 0.15) is 16.7 Å². The second kappa shape index (κ2) is 8.09. The molecule has 134 valence electrons. The van der Waals surface area contributed by atoms with Crippen LogP contribution in [0.4, 0.5) is 4.39 Å². The smallest absolute Gasteiger partial charge is 0.238 e. The lowest BCUT2D eigenvalue weighted by molar-refractivity contribution is 0.597. The highest BCUT2D eigenvalue weighted by molar-refractivity contribution is 7.89. The summed E-state index contributed by atoms with van der Waals surface area (Å²) in [5, 5.41) is 11.3. The molecule has 2 rings (SSSR count). The minimum atomic E-state index is -3.73. The number of nitrogens with one attached hydrogen (secondary N) is 2. The normalized spacial score (nSPS) is 12.1. The van der Waals surface area contributed by atoms with Gasteiger partial charge in [-0.3, -0.25) is 4.99 Å². The minimum absolute atomic E-state index is 0.0601. The highest BCUT2D eigenvalue weighted by Gasteiger charge is 2.08. The number of benzene rings is 2. The zero-order valence-electron chi connectivity index (χ0n) is 14.1. The number of nitrogens with two attached hydrogens (primary N) is 1. The Balaban J connectivity index is 1.95. The molecule has 0 unspecified atom stereocenters. The van der Waals surface area contributed by atoms with Gasteiger partial charge >= 0.3 is 0 Å². The third-order valence-corrected chi connectivity index (χ3v) is 4.52. The molecule has 0 radical (unpaired) electrons. The number of nitrogens with zero attached hydrogens (tertiary/aromatic N) is 1. The van der Waals surface area contributed by atoms with Crippen molar-refractivity contribution in [1.29, 1.82) is 0 Å². The van der Waals surface area contributed by atoms with Crippen molar-refractivity contribution >= 4 is 16.0 Å². The lowest BCUT2D eigenvalue weighted by atomic mass is 10.1. The number of guanidine groups is 1.